The third kappa shape index (κ3) is 4.87. The number of rotatable bonds is 3. The molecule has 0 aromatic heterocycles. The van der Waals surface area contributed by atoms with Crippen molar-refractivity contribution >= 4 is 5.91 Å². The lowest BCUT2D eigenvalue weighted by atomic mass is 9.81. The summed E-state index contributed by atoms with van der Waals surface area (Å²) in [6.07, 6.45) is -1.02. The van der Waals surface area contributed by atoms with Crippen LogP contribution < -0.4 is 10.6 Å². The first-order chi connectivity index (χ1) is 9.86. The Morgan fingerprint density at radius 3 is 2.33 bits per heavy atom. The van der Waals surface area contributed by atoms with Crippen LogP contribution >= 0.6 is 0 Å². The van der Waals surface area contributed by atoms with Crippen LogP contribution in [0.25, 0.3) is 0 Å². The predicted molar refractivity (Wildman–Crippen MR) is 74.7 cm³/mol. The van der Waals surface area contributed by atoms with Crippen LogP contribution in [0.1, 0.15) is 45.4 Å². The fourth-order valence-electron chi connectivity index (χ4n) is 3.30. The van der Waals surface area contributed by atoms with Crippen LogP contribution in [-0.4, -0.2) is 31.2 Å². The highest BCUT2D eigenvalue weighted by atomic mass is 19.4. The van der Waals surface area contributed by atoms with Crippen LogP contribution in [-0.2, 0) is 4.79 Å². The highest BCUT2D eigenvalue weighted by molar-refractivity contribution is 5.78. The van der Waals surface area contributed by atoms with Gasteiger partial charge in [-0.1, -0.05) is 0 Å². The Bertz CT molecular complexity index is 343. The number of carbonyl (C=O) groups is 1. The number of halogens is 3. The molecule has 122 valence electrons. The van der Waals surface area contributed by atoms with Crippen molar-refractivity contribution in [2.45, 2.75) is 57.7 Å². The number of piperidine rings is 1. The zero-order valence-electron chi connectivity index (χ0n) is 12.5. The molecule has 2 rings (SSSR count). The summed E-state index contributed by atoms with van der Waals surface area (Å²) in [4.78, 5) is 12.0. The van der Waals surface area contributed by atoms with Crippen molar-refractivity contribution in [2.24, 2.45) is 17.8 Å². The van der Waals surface area contributed by atoms with Crippen molar-refractivity contribution < 1.29 is 18.0 Å². The van der Waals surface area contributed by atoms with E-state index in [2.05, 4.69) is 17.6 Å². The fourth-order valence-corrected chi connectivity index (χ4v) is 3.30. The molecular formula is C15H25F3N2O. The minimum Gasteiger partial charge on any atom is -0.356 e. The molecular weight excluding hydrogens is 281 g/mol. The van der Waals surface area contributed by atoms with Gasteiger partial charge in [-0.15, -0.1) is 0 Å². The average Bonchev–Trinajstić information content (AvgIpc) is 2.45. The zero-order chi connectivity index (χ0) is 15.5. The third-order valence-electron chi connectivity index (χ3n) is 4.89. The molecule has 6 heteroatoms. The summed E-state index contributed by atoms with van der Waals surface area (Å²) in [6, 6.07) is 0.537. The summed E-state index contributed by atoms with van der Waals surface area (Å²) >= 11 is 0. The molecule has 2 unspecified atom stereocenters. The van der Waals surface area contributed by atoms with Crippen molar-refractivity contribution in [1.29, 1.82) is 0 Å². The SMILES string of the molecule is CC1CCC(CNC(=O)C2CCC(C(F)(F)F)CC2)CN1. The highest BCUT2D eigenvalue weighted by Crippen LogP contribution is 2.39. The molecule has 2 atom stereocenters. The van der Waals surface area contributed by atoms with E-state index in [-0.39, 0.29) is 24.7 Å². The number of amides is 1. The molecule has 0 aromatic rings. The van der Waals surface area contributed by atoms with Gasteiger partial charge in [-0.2, -0.15) is 13.2 Å². The smallest absolute Gasteiger partial charge is 0.356 e. The summed E-state index contributed by atoms with van der Waals surface area (Å²) in [6.45, 7) is 3.69. The van der Waals surface area contributed by atoms with E-state index in [0.717, 1.165) is 19.4 Å². The molecule has 1 saturated carbocycles. The Morgan fingerprint density at radius 1 is 1.14 bits per heavy atom. The summed E-state index contributed by atoms with van der Waals surface area (Å²) < 4.78 is 37.8. The Balaban J connectivity index is 1.68. The van der Waals surface area contributed by atoms with Gasteiger partial charge >= 0.3 is 6.18 Å². The van der Waals surface area contributed by atoms with E-state index in [1.807, 2.05) is 0 Å². The van der Waals surface area contributed by atoms with Crippen LogP contribution in [0.15, 0.2) is 0 Å². The Hall–Kier alpha value is -0.780. The average molecular weight is 306 g/mol. The monoisotopic (exact) mass is 306 g/mol. The van der Waals surface area contributed by atoms with Crippen LogP contribution in [0.3, 0.4) is 0 Å². The molecule has 21 heavy (non-hydrogen) atoms. The lowest BCUT2D eigenvalue weighted by Crippen LogP contribution is -2.43. The van der Waals surface area contributed by atoms with Crippen molar-refractivity contribution in [3.8, 4) is 0 Å². The molecule has 3 nitrogen and oxygen atoms in total. The number of alkyl halides is 3. The van der Waals surface area contributed by atoms with Crippen molar-refractivity contribution in [2.75, 3.05) is 13.1 Å². The zero-order valence-corrected chi connectivity index (χ0v) is 12.5. The van der Waals surface area contributed by atoms with Gasteiger partial charge < -0.3 is 10.6 Å². The molecule has 2 N–H and O–H groups in total. The molecule has 1 aliphatic heterocycles. The van der Waals surface area contributed by atoms with E-state index in [1.54, 1.807) is 0 Å². The molecule has 0 aromatic carbocycles. The first-order valence-corrected chi connectivity index (χ1v) is 7.94. The Kier molecular flexibility index (Phi) is 5.52. The molecule has 2 aliphatic rings. The van der Waals surface area contributed by atoms with Crippen LogP contribution in [0.4, 0.5) is 13.2 Å². The van der Waals surface area contributed by atoms with E-state index in [1.165, 1.54) is 0 Å². The van der Waals surface area contributed by atoms with Gasteiger partial charge in [0.25, 0.3) is 0 Å². The third-order valence-corrected chi connectivity index (χ3v) is 4.89. The molecule has 0 radical (unpaired) electrons. The Morgan fingerprint density at radius 2 is 1.81 bits per heavy atom. The van der Waals surface area contributed by atoms with Crippen molar-refractivity contribution in [1.82, 2.24) is 10.6 Å². The van der Waals surface area contributed by atoms with Crippen LogP contribution in [0.2, 0.25) is 0 Å². The lowest BCUT2D eigenvalue weighted by Gasteiger charge is -2.31. The van der Waals surface area contributed by atoms with Crippen molar-refractivity contribution in [3.63, 3.8) is 0 Å². The molecule has 0 bridgehead atoms. The highest BCUT2D eigenvalue weighted by Gasteiger charge is 2.42. The molecule has 0 spiro atoms. The lowest BCUT2D eigenvalue weighted by molar-refractivity contribution is -0.184. The standard InChI is InChI=1S/C15H25F3N2O/c1-10-2-3-11(8-19-10)9-20-14(21)12-4-6-13(7-5-12)15(16,17)18/h10-13,19H,2-9H2,1H3,(H,20,21). The van der Waals surface area contributed by atoms with E-state index >= 15 is 0 Å². The second-order valence-electron chi connectivity index (χ2n) is 6.59. The van der Waals surface area contributed by atoms with Gasteiger partial charge in [0.2, 0.25) is 5.91 Å². The van der Waals surface area contributed by atoms with Gasteiger partial charge in [-0.05, 0) is 57.9 Å². The van der Waals surface area contributed by atoms with Crippen LogP contribution in [0, 0.1) is 17.8 Å². The molecule has 1 heterocycles. The van der Waals surface area contributed by atoms with E-state index in [9.17, 15) is 18.0 Å². The summed E-state index contributed by atoms with van der Waals surface area (Å²) in [5.74, 6) is -1.07. The first kappa shape index (κ1) is 16.6. The van der Waals surface area contributed by atoms with Gasteiger partial charge in [0.1, 0.15) is 0 Å². The summed E-state index contributed by atoms with van der Waals surface area (Å²) in [5, 5.41) is 6.31. The molecule has 1 amide bonds. The Labute approximate surface area is 124 Å². The quantitative estimate of drug-likeness (QED) is 0.842. The van der Waals surface area contributed by atoms with Gasteiger partial charge in [-0.25, -0.2) is 0 Å². The first-order valence-electron chi connectivity index (χ1n) is 7.94. The molecule has 2 fully saturated rings. The maximum absolute atomic E-state index is 12.6. The maximum Gasteiger partial charge on any atom is 0.391 e. The fraction of sp³-hybridized carbons (Fsp3) is 0.933. The number of hydrogen-bond acceptors (Lipinski definition) is 2. The van der Waals surface area contributed by atoms with E-state index in [0.29, 0.717) is 31.3 Å². The van der Waals surface area contributed by atoms with Gasteiger partial charge in [0.05, 0.1) is 5.92 Å². The number of carbonyl (C=O) groups excluding carboxylic acids is 1. The minimum absolute atomic E-state index is 0.0609. The second kappa shape index (κ2) is 6.99. The molecule has 1 saturated heterocycles. The summed E-state index contributed by atoms with van der Waals surface area (Å²) in [5.41, 5.74) is 0. The molecule has 1 aliphatic carbocycles. The maximum atomic E-state index is 12.6. The largest absolute Gasteiger partial charge is 0.391 e. The second-order valence-corrected chi connectivity index (χ2v) is 6.59. The van der Waals surface area contributed by atoms with E-state index in [4.69, 9.17) is 0 Å². The van der Waals surface area contributed by atoms with Gasteiger partial charge in [0, 0.05) is 18.5 Å². The van der Waals surface area contributed by atoms with Gasteiger partial charge in [-0.3, -0.25) is 4.79 Å². The van der Waals surface area contributed by atoms with E-state index < -0.39 is 12.1 Å². The number of hydrogen-bond donors (Lipinski definition) is 2. The topological polar surface area (TPSA) is 41.1 Å². The van der Waals surface area contributed by atoms with Crippen molar-refractivity contribution in [3.05, 3.63) is 0 Å². The predicted octanol–water partition coefficient (Wildman–Crippen LogP) is 2.86. The normalized spacial score (nSPS) is 34.5. The minimum atomic E-state index is -4.11. The summed E-state index contributed by atoms with van der Waals surface area (Å²) in [7, 11) is 0. The van der Waals surface area contributed by atoms with Crippen LogP contribution in [0.5, 0.6) is 0 Å². The number of nitrogens with one attached hydrogen (secondary N) is 2. The van der Waals surface area contributed by atoms with Gasteiger partial charge in [0.15, 0.2) is 0 Å².